The highest BCUT2D eigenvalue weighted by Crippen LogP contribution is 2.35. The van der Waals surface area contributed by atoms with Crippen molar-refractivity contribution in [2.75, 3.05) is 0 Å². The van der Waals surface area contributed by atoms with Crippen molar-refractivity contribution in [1.29, 1.82) is 0 Å². The minimum atomic E-state index is 0.139. The van der Waals surface area contributed by atoms with E-state index in [0.29, 0.717) is 12.2 Å². The van der Waals surface area contributed by atoms with Gasteiger partial charge in [0.2, 0.25) is 0 Å². The van der Waals surface area contributed by atoms with E-state index in [2.05, 4.69) is 11.4 Å². The van der Waals surface area contributed by atoms with Gasteiger partial charge >= 0.3 is 0 Å². The molecule has 0 fully saturated rings. The van der Waals surface area contributed by atoms with Crippen LogP contribution in [0.2, 0.25) is 0 Å². The molecule has 1 aromatic heterocycles. The summed E-state index contributed by atoms with van der Waals surface area (Å²) < 4.78 is 0. The first kappa shape index (κ1) is 11.7. The van der Waals surface area contributed by atoms with Gasteiger partial charge in [0.15, 0.2) is 0 Å². The quantitative estimate of drug-likeness (QED) is 0.812. The molecule has 3 rings (SSSR count). The van der Waals surface area contributed by atoms with E-state index in [1.165, 1.54) is 10.4 Å². The molecule has 1 aromatic carbocycles. The van der Waals surface area contributed by atoms with Gasteiger partial charge in [-0.05, 0) is 41.8 Å². The number of benzene rings is 1. The van der Waals surface area contributed by atoms with Gasteiger partial charge in [0, 0.05) is 17.2 Å². The lowest BCUT2D eigenvalue weighted by Gasteiger charge is -2.21. The van der Waals surface area contributed by atoms with Crippen molar-refractivity contribution in [2.45, 2.75) is 31.6 Å². The molecule has 0 N–H and O–H groups in total. The molecule has 0 radical (unpaired) electrons. The van der Waals surface area contributed by atoms with E-state index < -0.39 is 0 Å². The van der Waals surface area contributed by atoms with Crippen LogP contribution in [0.15, 0.2) is 41.8 Å². The molecule has 0 spiro atoms. The molecular formula is C16H16OS. The largest absolute Gasteiger partial charge is 0.299 e. The smallest absolute Gasteiger partial charge is 0.144 e. The fraction of sp³-hybridized carbons (Fsp3) is 0.312. The van der Waals surface area contributed by atoms with Gasteiger partial charge in [-0.2, -0.15) is 0 Å². The first-order valence-corrected chi connectivity index (χ1v) is 7.35. The molecule has 0 amide bonds. The Morgan fingerprint density at radius 2 is 2.06 bits per heavy atom. The second-order valence-corrected chi connectivity index (χ2v) is 5.87. The van der Waals surface area contributed by atoms with Gasteiger partial charge in [0.25, 0.3) is 0 Å². The highest BCUT2D eigenvalue weighted by Gasteiger charge is 2.26. The highest BCUT2D eigenvalue weighted by molar-refractivity contribution is 7.10. The number of carbonyl (C=O) groups is 1. The number of ketones is 1. The summed E-state index contributed by atoms with van der Waals surface area (Å²) in [7, 11) is 0. The topological polar surface area (TPSA) is 17.1 Å². The van der Waals surface area contributed by atoms with Crippen molar-refractivity contribution >= 4 is 17.1 Å². The lowest BCUT2D eigenvalue weighted by atomic mass is 9.83. The van der Waals surface area contributed by atoms with Crippen LogP contribution in [-0.4, -0.2) is 5.78 Å². The third kappa shape index (κ3) is 2.25. The Bertz CT molecular complexity index is 541. The van der Waals surface area contributed by atoms with Gasteiger partial charge in [-0.1, -0.05) is 30.3 Å². The van der Waals surface area contributed by atoms with Crippen LogP contribution >= 0.6 is 11.3 Å². The zero-order valence-corrected chi connectivity index (χ0v) is 11.1. The molecule has 2 heteroatoms. The minimum absolute atomic E-state index is 0.139. The summed E-state index contributed by atoms with van der Waals surface area (Å²) in [6, 6.07) is 12.2. The monoisotopic (exact) mass is 256 g/mol. The molecule has 0 saturated heterocycles. The number of hydrogen-bond acceptors (Lipinski definition) is 2. The van der Waals surface area contributed by atoms with E-state index in [1.807, 2.05) is 30.3 Å². The van der Waals surface area contributed by atoms with Crippen LogP contribution in [-0.2, 0) is 17.6 Å². The van der Waals surface area contributed by atoms with E-state index in [9.17, 15) is 4.79 Å². The Morgan fingerprint density at radius 1 is 1.22 bits per heavy atom. The van der Waals surface area contributed by atoms with Crippen molar-refractivity contribution in [3.05, 3.63) is 57.8 Å². The molecule has 1 aliphatic rings. The van der Waals surface area contributed by atoms with Crippen LogP contribution in [0.25, 0.3) is 0 Å². The van der Waals surface area contributed by atoms with Crippen molar-refractivity contribution in [3.63, 3.8) is 0 Å². The van der Waals surface area contributed by atoms with Crippen molar-refractivity contribution < 1.29 is 4.79 Å². The molecule has 1 heterocycles. The summed E-state index contributed by atoms with van der Waals surface area (Å²) in [5, 5.41) is 2.12. The number of rotatable bonds is 3. The lowest BCUT2D eigenvalue weighted by Crippen LogP contribution is -2.18. The highest BCUT2D eigenvalue weighted by atomic mass is 32.1. The maximum atomic E-state index is 12.4. The van der Waals surface area contributed by atoms with Crippen LogP contribution in [0.1, 0.15) is 34.8 Å². The van der Waals surface area contributed by atoms with E-state index in [4.69, 9.17) is 0 Å². The zero-order valence-electron chi connectivity index (χ0n) is 10.3. The lowest BCUT2D eigenvalue weighted by molar-refractivity contribution is -0.120. The summed E-state index contributed by atoms with van der Waals surface area (Å²) in [4.78, 5) is 13.9. The third-order valence-electron chi connectivity index (χ3n) is 3.66. The SMILES string of the molecule is O=C(Cc1ccccc1)C1CCCc2sccc21. The first-order valence-electron chi connectivity index (χ1n) is 6.47. The number of aryl methyl sites for hydroxylation is 1. The van der Waals surface area contributed by atoms with Gasteiger partial charge in [-0.15, -0.1) is 11.3 Å². The predicted octanol–water partition coefficient (Wildman–Crippen LogP) is 3.98. The van der Waals surface area contributed by atoms with Gasteiger partial charge in [0.05, 0.1) is 0 Å². The Balaban J connectivity index is 1.79. The van der Waals surface area contributed by atoms with Gasteiger partial charge in [-0.25, -0.2) is 0 Å². The molecule has 0 saturated carbocycles. The molecule has 1 aliphatic carbocycles. The Hall–Kier alpha value is -1.41. The van der Waals surface area contributed by atoms with E-state index in [-0.39, 0.29) is 5.92 Å². The Labute approximate surface area is 111 Å². The minimum Gasteiger partial charge on any atom is -0.299 e. The normalized spacial score (nSPS) is 18.3. The van der Waals surface area contributed by atoms with Gasteiger partial charge in [0.1, 0.15) is 5.78 Å². The number of Topliss-reactive ketones (excluding diaryl/α,β-unsaturated/α-hetero) is 1. The second kappa shape index (κ2) is 5.07. The van der Waals surface area contributed by atoms with Crippen molar-refractivity contribution in [1.82, 2.24) is 0 Å². The van der Waals surface area contributed by atoms with Crippen LogP contribution in [0.3, 0.4) is 0 Å². The van der Waals surface area contributed by atoms with Gasteiger partial charge < -0.3 is 0 Å². The Morgan fingerprint density at radius 3 is 2.89 bits per heavy atom. The summed E-state index contributed by atoms with van der Waals surface area (Å²) in [6.45, 7) is 0. The predicted molar refractivity (Wildman–Crippen MR) is 75.2 cm³/mol. The standard InChI is InChI=1S/C16H16OS/c17-15(11-12-5-2-1-3-6-12)13-7-4-8-16-14(13)9-10-18-16/h1-3,5-6,9-10,13H,4,7-8,11H2. The summed E-state index contributed by atoms with van der Waals surface area (Å²) in [5.74, 6) is 0.515. The molecular weight excluding hydrogens is 240 g/mol. The zero-order chi connectivity index (χ0) is 12.4. The fourth-order valence-electron chi connectivity index (χ4n) is 2.74. The van der Waals surface area contributed by atoms with Crippen LogP contribution in [0, 0.1) is 0 Å². The number of hydrogen-bond donors (Lipinski definition) is 0. The average Bonchev–Trinajstić information content (AvgIpc) is 2.87. The molecule has 0 bridgehead atoms. The molecule has 18 heavy (non-hydrogen) atoms. The van der Waals surface area contributed by atoms with E-state index in [0.717, 1.165) is 24.8 Å². The number of carbonyl (C=O) groups excluding carboxylic acids is 1. The first-order chi connectivity index (χ1) is 8.84. The van der Waals surface area contributed by atoms with Crippen molar-refractivity contribution in [2.24, 2.45) is 0 Å². The molecule has 2 aromatic rings. The summed E-state index contributed by atoms with van der Waals surface area (Å²) in [5.41, 5.74) is 2.43. The average molecular weight is 256 g/mol. The van der Waals surface area contributed by atoms with Crippen molar-refractivity contribution in [3.8, 4) is 0 Å². The molecule has 1 unspecified atom stereocenters. The van der Waals surface area contributed by atoms with Gasteiger partial charge in [-0.3, -0.25) is 4.79 Å². The molecule has 0 aliphatic heterocycles. The number of fused-ring (bicyclic) bond motifs is 1. The van der Waals surface area contributed by atoms with Crippen LogP contribution < -0.4 is 0 Å². The molecule has 1 atom stereocenters. The summed E-state index contributed by atoms with van der Waals surface area (Å²) >= 11 is 1.80. The molecule has 92 valence electrons. The van der Waals surface area contributed by atoms with E-state index >= 15 is 0 Å². The van der Waals surface area contributed by atoms with Crippen LogP contribution in [0.5, 0.6) is 0 Å². The number of thiophene rings is 1. The fourth-order valence-corrected chi connectivity index (χ4v) is 3.73. The molecule has 1 nitrogen and oxygen atoms in total. The Kier molecular flexibility index (Phi) is 3.28. The maximum absolute atomic E-state index is 12.4. The summed E-state index contributed by atoms with van der Waals surface area (Å²) in [6.07, 6.45) is 3.90. The van der Waals surface area contributed by atoms with E-state index in [1.54, 1.807) is 11.3 Å². The second-order valence-electron chi connectivity index (χ2n) is 4.87. The van der Waals surface area contributed by atoms with Crippen LogP contribution in [0.4, 0.5) is 0 Å². The third-order valence-corrected chi connectivity index (χ3v) is 4.66. The maximum Gasteiger partial charge on any atom is 0.144 e.